The molecule has 4 heterocycles. The van der Waals surface area contributed by atoms with Gasteiger partial charge in [-0.25, -0.2) is 9.78 Å². The first-order chi connectivity index (χ1) is 16.3. The topological polar surface area (TPSA) is 177 Å². The molecule has 16 heteroatoms. The Morgan fingerprint density at radius 3 is 2.86 bits per heavy atom. The fourth-order valence-corrected chi connectivity index (χ4v) is 6.14. The molecular weight excluding hydrogens is 546 g/mol. The van der Waals surface area contributed by atoms with Crippen LogP contribution in [0, 0.1) is 0 Å². The van der Waals surface area contributed by atoms with E-state index in [1.165, 1.54) is 36.6 Å². The van der Waals surface area contributed by atoms with E-state index in [1.807, 2.05) is 0 Å². The van der Waals surface area contributed by atoms with Crippen LogP contribution in [-0.4, -0.2) is 73.6 Å². The summed E-state index contributed by atoms with van der Waals surface area (Å²) in [5.74, 6) is -2.08. The number of nitrogens with one attached hydrogen (secondary N) is 1. The van der Waals surface area contributed by atoms with E-state index in [0.29, 0.717) is 5.57 Å². The molecule has 2 aliphatic rings. The van der Waals surface area contributed by atoms with Crippen molar-refractivity contribution in [2.75, 3.05) is 24.3 Å². The second-order valence-corrected chi connectivity index (χ2v) is 9.81. The van der Waals surface area contributed by atoms with E-state index < -0.39 is 29.2 Å². The van der Waals surface area contributed by atoms with Crippen molar-refractivity contribution in [3.05, 3.63) is 46.5 Å². The van der Waals surface area contributed by atoms with Crippen molar-refractivity contribution < 1.29 is 86.4 Å². The maximum Gasteiger partial charge on any atom is 1.00 e. The van der Waals surface area contributed by atoms with Gasteiger partial charge in [-0.15, -0.1) is 23.1 Å². The standard InChI is InChI=1S/C19H17N5O7S3.K.H/c1-30-23-11(9-7-34-19(20)21-9)14(25)22-12-15(26)24-13(17(27)28)8(5-32-16(12)24)6-33-18(29)10-3-2-4-31-10;;/h2-4,7,12,16H,5-6H2,1H3,(H2,20,21)(H,22,25)(H,27,28);;/q;+1;-1/t12-,16-;;/m1../s1. The third-order valence-electron chi connectivity index (χ3n) is 4.80. The molecular formula is C19H18KN5O7S3. The predicted molar refractivity (Wildman–Crippen MR) is 126 cm³/mol. The van der Waals surface area contributed by atoms with Crippen LogP contribution in [0.4, 0.5) is 5.13 Å². The number of oxime groups is 1. The number of anilines is 1. The number of carbonyl (C=O) groups excluding carboxylic acids is 3. The summed E-state index contributed by atoms with van der Waals surface area (Å²) in [6.45, 7) is 0. The zero-order valence-corrected chi connectivity index (χ0v) is 24.0. The van der Waals surface area contributed by atoms with Gasteiger partial charge in [0.15, 0.2) is 16.6 Å². The van der Waals surface area contributed by atoms with Gasteiger partial charge in [-0.2, -0.15) is 0 Å². The molecule has 4 N–H and O–H groups in total. The number of thiazole rings is 1. The van der Waals surface area contributed by atoms with Crippen LogP contribution in [0.25, 0.3) is 0 Å². The van der Waals surface area contributed by atoms with Crippen molar-refractivity contribution in [1.29, 1.82) is 0 Å². The van der Waals surface area contributed by atoms with E-state index in [2.05, 4.69) is 15.5 Å². The average molecular weight is 564 g/mol. The third kappa shape index (κ3) is 5.85. The Hall–Kier alpha value is -1.66. The van der Waals surface area contributed by atoms with Crippen LogP contribution < -0.4 is 62.4 Å². The number of β-lactam (4-membered cyclic amide) rings is 1. The number of carboxylic acid groups (broad SMARTS) is 1. The van der Waals surface area contributed by atoms with Gasteiger partial charge in [-0.3, -0.25) is 19.3 Å². The van der Waals surface area contributed by atoms with Crippen molar-refractivity contribution in [1.82, 2.24) is 15.2 Å². The number of amides is 2. The Kier molecular flexibility index (Phi) is 9.61. The van der Waals surface area contributed by atoms with Crippen LogP contribution in [0.2, 0.25) is 0 Å². The van der Waals surface area contributed by atoms with E-state index in [9.17, 15) is 24.3 Å². The first-order valence-corrected chi connectivity index (χ1v) is 12.5. The van der Waals surface area contributed by atoms with Gasteiger partial charge in [0.25, 0.3) is 16.9 Å². The average Bonchev–Trinajstić information content (AvgIpc) is 3.50. The molecule has 2 aliphatic heterocycles. The fourth-order valence-electron chi connectivity index (χ4n) is 3.31. The molecule has 1 saturated heterocycles. The monoisotopic (exact) mass is 563 g/mol. The molecule has 1 fully saturated rings. The number of nitrogens with two attached hydrogens (primary N) is 1. The molecule has 35 heavy (non-hydrogen) atoms. The molecule has 0 aromatic carbocycles. The normalized spacial score (nSPS) is 19.4. The smallest absolute Gasteiger partial charge is 1.00 e. The van der Waals surface area contributed by atoms with Gasteiger partial charge >= 0.3 is 57.4 Å². The van der Waals surface area contributed by atoms with E-state index in [-0.39, 0.29) is 97.4 Å². The number of fused-ring (bicyclic) bond motifs is 1. The van der Waals surface area contributed by atoms with Gasteiger partial charge in [-0.05, 0) is 17.7 Å². The molecule has 0 unspecified atom stereocenters. The maximum absolute atomic E-state index is 12.8. The minimum absolute atomic E-state index is 0. The van der Waals surface area contributed by atoms with Crippen molar-refractivity contribution in [2.45, 2.75) is 11.4 Å². The van der Waals surface area contributed by atoms with Crippen molar-refractivity contribution in [3.63, 3.8) is 0 Å². The molecule has 0 aliphatic carbocycles. The summed E-state index contributed by atoms with van der Waals surface area (Å²) in [7, 11) is 1.26. The first-order valence-electron chi connectivity index (χ1n) is 9.55. The molecule has 180 valence electrons. The van der Waals surface area contributed by atoms with Crippen LogP contribution >= 0.6 is 34.9 Å². The van der Waals surface area contributed by atoms with Crippen molar-refractivity contribution >= 4 is 68.6 Å². The number of aliphatic carboxylic acids is 1. The van der Waals surface area contributed by atoms with Crippen LogP contribution in [-0.2, 0) is 19.2 Å². The Labute approximate surface area is 255 Å². The van der Waals surface area contributed by atoms with Crippen LogP contribution in [0.5, 0.6) is 0 Å². The number of hydrogen-bond acceptors (Lipinski definition) is 12. The number of nitrogens with zero attached hydrogens (tertiary/aromatic N) is 3. The van der Waals surface area contributed by atoms with Crippen LogP contribution in [0.15, 0.2) is 44.6 Å². The van der Waals surface area contributed by atoms with Gasteiger partial charge in [0.1, 0.15) is 29.9 Å². The zero-order valence-electron chi connectivity index (χ0n) is 19.4. The van der Waals surface area contributed by atoms with Gasteiger partial charge in [0.2, 0.25) is 0 Å². The van der Waals surface area contributed by atoms with Gasteiger partial charge in [0.05, 0.1) is 6.26 Å². The van der Waals surface area contributed by atoms with Crippen molar-refractivity contribution in [2.24, 2.45) is 5.16 Å². The van der Waals surface area contributed by atoms with E-state index in [1.54, 1.807) is 6.07 Å². The summed E-state index contributed by atoms with van der Waals surface area (Å²) in [6.07, 6.45) is 1.37. The number of rotatable bonds is 8. The second-order valence-electron chi connectivity index (χ2n) is 6.87. The number of furan rings is 1. The number of thioether (sulfide) groups is 2. The van der Waals surface area contributed by atoms with E-state index >= 15 is 0 Å². The summed E-state index contributed by atoms with van der Waals surface area (Å²) >= 11 is 3.29. The number of hydrogen-bond donors (Lipinski definition) is 3. The number of carboxylic acids is 1. The molecule has 0 spiro atoms. The number of aromatic nitrogens is 1. The SMILES string of the molecule is CON=C(C(=O)N[C@@H]1C(=O)N2C(C(=O)O)=C(CSC(=O)c3ccco3)CS[C@H]12)c1csc(N)n1.[H-].[K+]. The van der Waals surface area contributed by atoms with Gasteiger partial charge in [0, 0.05) is 16.9 Å². The summed E-state index contributed by atoms with van der Waals surface area (Å²) in [5.41, 5.74) is 5.89. The van der Waals surface area contributed by atoms with Crippen molar-refractivity contribution in [3.8, 4) is 0 Å². The molecule has 12 nitrogen and oxygen atoms in total. The van der Waals surface area contributed by atoms with E-state index in [4.69, 9.17) is 15.0 Å². The van der Waals surface area contributed by atoms with Crippen LogP contribution in [0.1, 0.15) is 17.7 Å². The summed E-state index contributed by atoms with van der Waals surface area (Å²) < 4.78 is 5.05. The minimum atomic E-state index is -1.29. The molecule has 4 rings (SSSR count). The Morgan fingerprint density at radius 1 is 1.49 bits per heavy atom. The van der Waals surface area contributed by atoms with Gasteiger partial charge in [-0.1, -0.05) is 16.9 Å². The molecule has 2 aromatic rings. The fraction of sp³-hybridized carbons (Fsp3) is 0.263. The molecule has 2 amide bonds. The molecule has 0 bridgehead atoms. The number of carbonyl (C=O) groups is 4. The summed E-state index contributed by atoms with van der Waals surface area (Å²) in [6, 6.07) is 2.13. The molecule has 0 radical (unpaired) electrons. The first kappa shape index (κ1) is 27.9. The minimum Gasteiger partial charge on any atom is -1.00 e. The van der Waals surface area contributed by atoms with E-state index in [0.717, 1.165) is 28.0 Å². The predicted octanol–water partition coefficient (Wildman–Crippen LogP) is -1.90. The maximum atomic E-state index is 12.8. The quantitative estimate of drug-likeness (QED) is 0.141. The molecule has 2 aromatic heterocycles. The Bertz CT molecular complexity index is 1220. The van der Waals surface area contributed by atoms with Crippen LogP contribution in [0.3, 0.4) is 0 Å². The zero-order chi connectivity index (χ0) is 24.4. The number of nitrogen functional groups attached to an aromatic ring is 1. The largest absolute Gasteiger partial charge is 1.00 e. The Morgan fingerprint density at radius 2 is 2.26 bits per heavy atom. The van der Waals surface area contributed by atoms with Gasteiger partial charge < -0.3 is 26.8 Å². The summed E-state index contributed by atoms with van der Waals surface area (Å²) in [5, 5.41) is 16.8. The Balaban J connectivity index is 0.00000228. The molecule has 0 saturated carbocycles. The summed E-state index contributed by atoms with van der Waals surface area (Å²) in [4.78, 5) is 59.6. The third-order valence-corrected chi connectivity index (χ3v) is 7.77. The second kappa shape index (κ2) is 12.0. The molecule has 2 atom stereocenters.